The predicted molar refractivity (Wildman–Crippen MR) is 343 cm³/mol. The number of allylic oxidation sites excluding steroid dienone is 4. The van der Waals surface area contributed by atoms with Crippen molar-refractivity contribution in [3.05, 3.63) is 24.3 Å². The summed E-state index contributed by atoms with van der Waals surface area (Å²) in [5.74, 6) is -0.0211. The Labute approximate surface area is 488 Å². The van der Waals surface area contributed by atoms with Crippen LogP contribution < -0.4 is 5.32 Å². The lowest BCUT2D eigenvalue weighted by Crippen LogP contribution is -2.45. The number of carbonyl (C=O) groups excluding carboxylic acids is 2. The third kappa shape index (κ3) is 63.5. The molecular weight excluding hydrogens is 959 g/mol. The highest BCUT2D eigenvalue weighted by Gasteiger charge is 2.20. The number of esters is 1. The molecule has 6 heteroatoms. The number of hydrogen-bond acceptors (Lipinski definition) is 5. The minimum absolute atomic E-state index is 0.00668. The zero-order chi connectivity index (χ0) is 56.4. The number of carbonyl (C=O) groups is 2. The van der Waals surface area contributed by atoms with Crippen molar-refractivity contribution < 1.29 is 24.5 Å². The lowest BCUT2D eigenvalue weighted by molar-refractivity contribution is -0.143. The second-order valence-electron chi connectivity index (χ2n) is 24.6. The molecule has 0 heterocycles. The van der Waals surface area contributed by atoms with E-state index in [9.17, 15) is 19.8 Å². The molecule has 0 unspecified atom stereocenters. The van der Waals surface area contributed by atoms with Crippen LogP contribution in [-0.2, 0) is 14.3 Å². The fourth-order valence-electron chi connectivity index (χ4n) is 11.3. The van der Waals surface area contributed by atoms with E-state index in [0.717, 1.165) is 51.4 Å². The Morgan fingerprint density at radius 3 is 1.00 bits per heavy atom. The van der Waals surface area contributed by atoms with Crippen molar-refractivity contribution in [1.82, 2.24) is 5.32 Å². The maximum absolute atomic E-state index is 12.5. The highest BCUT2D eigenvalue weighted by Crippen LogP contribution is 2.19. The molecule has 0 aromatic heterocycles. The van der Waals surface area contributed by atoms with Gasteiger partial charge < -0.3 is 20.3 Å². The van der Waals surface area contributed by atoms with Crippen LogP contribution in [0.15, 0.2) is 24.3 Å². The Kier molecular flexibility index (Phi) is 66.4. The van der Waals surface area contributed by atoms with Crippen LogP contribution in [-0.4, -0.2) is 47.4 Å². The van der Waals surface area contributed by atoms with Gasteiger partial charge in [0.05, 0.1) is 25.4 Å². The fraction of sp³-hybridized carbons (Fsp3) is 0.917. The molecule has 0 aliphatic rings. The van der Waals surface area contributed by atoms with Crippen molar-refractivity contribution in [2.45, 2.75) is 411 Å². The molecule has 0 bridgehead atoms. The minimum atomic E-state index is -0.661. The second kappa shape index (κ2) is 67.8. The smallest absolute Gasteiger partial charge is 0.305 e. The fourth-order valence-corrected chi connectivity index (χ4v) is 11.3. The maximum Gasteiger partial charge on any atom is 0.305 e. The van der Waals surface area contributed by atoms with E-state index in [2.05, 4.69) is 43.5 Å². The quantitative estimate of drug-likeness (QED) is 0.0320. The first-order valence-electron chi connectivity index (χ1n) is 35.6. The molecule has 0 aromatic carbocycles. The number of aliphatic hydroxyl groups excluding tert-OH is 2. The third-order valence-corrected chi connectivity index (χ3v) is 16.8. The van der Waals surface area contributed by atoms with Gasteiger partial charge in [-0.25, -0.2) is 0 Å². The maximum atomic E-state index is 12.5. The molecule has 0 spiro atoms. The van der Waals surface area contributed by atoms with Crippen LogP contribution in [0.25, 0.3) is 0 Å². The number of nitrogens with one attached hydrogen (secondary N) is 1. The van der Waals surface area contributed by atoms with Crippen LogP contribution in [0, 0.1) is 0 Å². The van der Waals surface area contributed by atoms with Crippen molar-refractivity contribution in [3.63, 3.8) is 0 Å². The van der Waals surface area contributed by atoms with Crippen LogP contribution in [0.4, 0.5) is 0 Å². The summed E-state index contributed by atoms with van der Waals surface area (Å²) < 4.78 is 5.49. The van der Waals surface area contributed by atoms with Gasteiger partial charge >= 0.3 is 5.97 Å². The van der Waals surface area contributed by atoms with E-state index in [1.807, 2.05) is 0 Å². The Balaban J connectivity index is 3.33. The molecule has 0 aliphatic carbocycles. The second-order valence-corrected chi connectivity index (χ2v) is 24.6. The summed E-state index contributed by atoms with van der Waals surface area (Å²) in [6.45, 7) is 4.96. The lowest BCUT2D eigenvalue weighted by Gasteiger charge is -2.22. The molecule has 3 N–H and O–H groups in total. The standard InChI is InChI=1S/C72H139NO5/c1-3-5-7-9-11-13-15-17-19-37-40-44-48-52-56-60-64-70(75)69(68-74)73-71(76)65-61-57-53-49-45-41-38-34-32-30-28-26-24-22-20-21-23-25-27-29-31-33-35-39-43-47-51-55-59-63-67-78-72(77)66-62-58-54-50-46-42-36-18-16-14-12-10-8-6-4-2/h12,14,18,36,69-70,74-75H,3-11,13,15-17,19-35,37-68H2,1-2H3,(H,73,76)/b14-12-,36-18-/t69-,70+/m0/s1. The normalized spacial score (nSPS) is 12.6. The SMILES string of the molecule is CCCCC/C=C\C/C=C\CCCCCCCC(=O)OCCCCCCCCCCCCCCCCCCCCCCCCCCCCCCCCC(=O)N[C@@H](CO)[C@H](O)CCCCCCCCCCCCCCCCCC. The Morgan fingerprint density at radius 2 is 0.641 bits per heavy atom. The van der Waals surface area contributed by atoms with E-state index in [-0.39, 0.29) is 18.5 Å². The molecule has 462 valence electrons. The molecular formula is C72H139NO5. The zero-order valence-corrected chi connectivity index (χ0v) is 52.9. The van der Waals surface area contributed by atoms with Crippen molar-refractivity contribution in [1.29, 1.82) is 0 Å². The van der Waals surface area contributed by atoms with Gasteiger partial charge in [-0.15, -0.1) is 0 Å². The summed E-state index contributed by atoms with van der Waals surface area (Å²) in [5, 5.41) is 23.4. The summed E-state index contributed by atoms with van der Waals surface area (Å²) >= 11 is 0. The van der Waals surface area contributed by atoms with E-state index in [4.69, 9.17) is 4.74 Å². The van der Waals surface area contributed by atoms with Gasteiger partial charge in [-0.3, -0.25) is 9.59 Å². The largest absolute Gasteiger partial charge is 0.466 e. The van der Waals surface area contributed by atoms with Crippen LogP contribution >= 0.6 is 0 Å². The van der Waals surface area contributed by atoms with Crippen molar-refractivity contribution in [3.8, 4) is 0 Å². The first-order chi connectivity index (χ1) is 38.5. The van der Waals surface area contributed by atoms with Crippen molar-refractivity contribution in [2.75, 3.05) is 13.2 Å². The first-order valence-corrected chi connectivity index (χ1v) is 35.6. The molecule has 0 aliphatic heterocycles. The Hall–Kier alpha value is -1.66. The molecule has 6 nitrogen and oxygen atoms in total. The summed E-state index contributed by atoms with van der Waals surface area (Å²) in [5.41, 5.74) is 0. The summed E-state index contributed by atoms with van der Waals surface area (Å²) in [6.07, 6.45) is 85.2. The third-order valence-electron chi connectivity index (χ3n) is 16.8. The summed E-state index contributed by atoms with van der Waals surface area (Å²) in [4.78, 5) is 24.6. The van der Waals surface area contributed by atoms with Crippen molar-refractivity contribution in [2.24, 2.45) is 0 Å². The molecule has 0 saturated heterocycles. The van der Waals surface area contributed by atoms with E-state index >= 15 is 0 Å². The van der Waals surface area contributed by atoms with Crippen LogP contribution in [0.2, 0.25) is 0 Å². The number of hydrogen-bond donors (Lipinski definition) is 3. The van der Waals surface area contributed by atoms with E-state index < -0.39 is 12.1 Å². The number of ether oxygens (including phenoxy) is 1. The van der Waals surface area contributed by atoms with Gasteiger partial charge in [0.25, 0.3) is 0 Å². The number of amides is 1. The molecule has 78 heavy (non-hydrogen) atoms. The van der Waals surface area contributed by atoms with Gasteiger partial charge in [0.2, 0.25) is 5.91 Å². The number of unbranched alkanes of at least 4 members (excludes halogenated alkanes) is 52. The van der Waals surface area contributed by atoms with E-state index in [0.29, 0.717) is 25.9 Å². The van der Waals surface area contributed by atoms with Gasteiger partial charge in [-0.2, -0.15) is 0 Å². The molecule has 0 fully saturated rings. The molecule has 0 aromatic rings. The van der Waals surface area contributed by atoms with Crippen LogP contribution in [0.5, 0.6) is 0 Å². The lowest BCUT2D eigenvalue weighted by atomic mass is 10.0. The van der Waals surface area contributed by atoms with Gasteiger partial charge in [-0.05, 0) is 57.8 Å². The molecule has 0 radical (unpaired) electrons. The van der Waals surface area contributed by atoms with E-state index in [1.165, 1.54) is 315 Å². The Morgan fingerprint density at radius 1 is 0.359 bits per heavy atom. The molecule has 0 saturated carbocycles. The minimum Gasteiger partial charge on any atom is -0.466 e. The monoisotopic (exact) mass is 1100 g/mol. The summed E-state index contributed by atoms with van der Waals surface area (Å²) in [7, 11) is 0. The van der Waals surface area contributed by atoms with E-state index in [1.54, 1.807) is 0 Å². The first kappa shape index (κ1) is 76.3. The molecule has 0 rings (SSSR count). The van der Waals surface area contributed by atoms with Crippen LogP contribution in [0.1, 0.15) is 399 Å². The molecule has 2 atom stereocenters. The average Bonchev–Trinajstić information content (AvgIpc) is 3.44. The number of aliphatic hydroxyl groups is 2. The summed E-state index contributed by atoms with van der Waals surface area (Å²) in [6, 6.07) is -0.538. The predicted octanol–water partition coefficient (Wildman–Crippen LogP) is 22.9. The molecule has 1 amide bonds. The highest BCUT2D eigenvalue weighted by molar-refractivity contribution is 5.76. The average molecular weight is 1100 g/mol. The van der Waals surface area contributed by atoms with Crippen LogP contribution in [0.3, 0.4) is 0 Å². The highest BCUT2D eigenvalue weighted by atomic mass is 16.5. The van der Waals surface area contributed by atoms with Gasteiger partial charge in [0.15, 0.2) is 0 Å². The Bertz CT molecular complexity index is 1220. The van der Waals surface area contributed by atoms with Gasteiger partial charge in [0, 0.05) is 12.8 Å². The van der Waals surface area contributed by atoms with Gasteiger partial charge in [0.1, 0.15) is 0 Å². The zero-order valence-electron chi connectivity index (χ0n) is 52.9. The topological polar surface area (TPSA) is 95.9 Å². The number of rotatable bonds is 67. The van der Waals surface area contributed by atoms with Crippen molar-refractivity contribution >= 4 is 11.9 Å². The van der Waals surface area contributed by atoms with Gasteiger partial charge in [-0.1, -0.05) is 353 Å².